The fourth-order valence-electron chi connectivity index (χ4n) is 2.65. The summed E-state index contributed by atoms with van der Waals surface area (Å²) in [6.07, 6.45) is 4.14. The molecule has 0 saturated carbocycles. The van der Waals surface area contributed by atoms with E-state index in [1.807, 2.05) is 6.08 Å². The van der Waals surface area contributed by atoms with E-state index in [0.29, 0.717) is 0 Å². The molecule has 0 fully saturated rings. The molecule has 0 aliphatic carbocycles. The maximum atomic E-state index is 3.80. The van der Waals surface area contributed by atoms with E-state index < -0.39 is 0 Å². The molecular weight excluding hydrogens is 204 g/mol. The normalized spacial score (nSPS) is 10.8. The van der Waals surface area contributed by atoms with E-state index in [4.69, 9.17) is 0 Å². The van der Waals surface area contributed by atoms with Gasteiger partial charge in [-0.25, -0.2) is 0 Å². The molecule has 2 rings (SSSR count). The highest BCUT2D eigenvalue weighted by Crippen LogP contribution is 2.27. The van der Waals surface area contributed by atoms with Crippen LogP contribution in [-0.4, -0.2) is 0 Å². The zero-order valence-electron chi connectivity index (χ0n) is 11.0. The van der Waals surface area contributed by atoms with Crippen molar-refractivity contribution in [2.75, 3.05) is 0 Å². The van der Waals surface area contributed by atoms with Crippen LogP contribution in [0.1, 0.15) is 28.7 Å². The van der Waals surface area contributed by atoms with Gasteiger partial charge < -0.3 is 0 Å². The molecule has 0 aromatic heterocycles. The first kappa shape index (κ1) is 11.9. The first-order chi connectivity index (χ1) is 8.13. The smallest absolute Gasteiger partial charge is 0.0122 e. The van der Waals surface area contributed by atoms with Crippen molar-refractivity contribution in [2.45, 2.75) is 33.6 Å². The molecule has 17 heavy (non-hydrogen) atoms. The maximum Gasteiger partial charge on any atom is -0.0122 e. The first-order valence-corrected chi connectivity index (χ1v) is 6.24. The number of rotatable bonds is 3. The Kier molecular flexibility index (Phi) is 3.33. The van der Waals surface area contributed by atoms with Crippen molar-refractivity contribution in [2.24, 2.45) is 0 Å². The van der Waals surface area contributed by atoms with Crippen molar-refractivity contribution in [3.63, 3.8) is 0 Å². The Balaban J connectivity index is 2.62. The third-order valence-electron chi connectivity index (χ3n) is 3.45. The third kappa shape index (κ3) is 2.26. The van der Waals surface area contributed by atoms with Crippen LogP contribution in [0.15, 0.2) is 36.9 Å². The van der Waals surface area contributed by atoms with Gasteiger partial charge in [-0.15, -0.1) is 6.58 Å². The lowest BCUT2D eigenvalue weighted by Crippen LogP contribution is -1.93. The standard InChI is InChI=1S/C17H20/c1-5-6-7-15-8-9-16-11-12(2)10-13(3)17(16)14(15)4/h5,8-11H,1,6-7H2,2-4H3. The predicted octanol–water partition coefficient (Wildman–Crippen LogP) is 4.88. The molecule has 0 atom stereocenters. The van der Waals surface area contributed by atoms with Crippen LogP contribution < -0.4 is 0 Å². The Morgan fingerprint density at radius 3 is 2.59 bits per heavy atom. The number of aryl methyl sites for hydroxylation is 4. The van der Waals surface area contributed by atoms with Crippen molar-refractivity contribution in [3.05, 3.63) is 59.2 Å². The summed E-state index contributed by atoms with van der Waals surface area (Å²) in [5.41, 5.74) is 5.61. The van der Waals surface area contributed by atoms with Crippen molar-refractivity contribution < 1.29 is 0 Å². The van der Waals surface area contributed by atoms with Gasteiger partial charge in [0, 0.05) is 0 Å². The van der Waals surface area contributed by atoms with E-state index in [2.05, 4.69) is 51.6 Å². The second-order valence-corrected chi connectivity index (χ2v) is 4.86. The molecule has 0 radical (unpaired) electrons. The number of benzene rings is 2. The molecule has 0 aliphatic rings. The molecule has 2 aromatic rings. The quantitative estimate of drug-likeness (QED) is 0.651. The third-order valence-corrected chi connectivity index (χ3v) is 3.45. The zero-order valence-corrected chi connectivity index (χ0v) is 11.0. The van der Waals surface area contributed by atoms with Gasteiger partial charge in [-0.3, -0.25) is 0 Å². The molecule has 0 amide bonds. The Labute approximate surface area is 104 Å². The summed E-state index contributed by atoms with van der Waals surface area (Å²) in [7, 11) is 0. The van der Waals surface area contributed by atoms with E-state index in [-0.39, 0.29) is 0 Å². The fourth-order valence-corrected chi connectivity index (χ4v) is 2.65. The van der Waals surface area contributed by atoms with Crippen LogP contribution in [0, 0.1) is 20.8 Å². The monoisotopic (exact) mass is 224 g/mol. The van der Waals surface area contributed by atoms with Crippen LogP contribution in [0.4, 0.5) is 0 Å². The minimum Gasteiger partial charge on any atom is -0.103 e. The second-order valence-electron chi connectivity index (χ2n) is 4.86. The van der Waals surface area contributed by atoms with Crippen LogP contribution >= 0.6 is 0 Å². The Bertz CT molecular complexity index is 562. The summed E-state index contributed by atoms with van der Waals surface area (Å²) in [6.45, 7) is 10.4. The SMILES string of the molecule is C=CCCc1ccc2cc(C)cc(C)c2c1C. The van der Waals surface area contributed by atoms with Gasteiger partial charge in [0.05, 0.1) is 0 Å². The van der Waals surface area contributed by atoms with Gasteiger partial charge in [-0.1, -0.05) is 35.9 Å². The van der Waals surface area contributed by atoms with Gasteiger partial charge in [-0.2, -0.15) is 0 Å². The Morgan fingerprint density at radius 2 is 1.88 bits per heavy atom. The molecule has 2 aromatic carbocycles. The maximum absolute atomic E-state index is 3.80. The van der Waals surface area contributed by atoms with Crippen LogP contribution in [0.2, 0.25) is 0 Å². The summed E-state index contributed by atoms with van der Waals surface area (Å²) >= 11 is 0. The molecule has 0 heterocycles. The number of allylic oxidation sites excluding steroid dienone is 1. The van der Waals surface area contributed by atoms with Crippen LogP contribution in [0.3, 0.4) is 0 Å². The average Bonchev–Trinajstić information content (AvgIpc) is 2.27. The van der Waals surface area contributed by atoms with E-state index >= 15 is 0 Å². The number of fused-ring (bicyclic) bond motifs is 1. The summed E-state index contributed by atoms with van der Waals surface area (Å²) in [4.78, 5) is 0. The van der Waals surface area contributed by atoms with Crippen molar-refractivity contribution >= 4 is 10.8 Å². The van der Waals surface area contributed by atoms with Crippen LogP contribution in [0.25, 0.3) is 10.8 Å². The summed E-state index contributed by atoms with van der Waals surface area (Å²) in [6, 6.07) is 9.06. The molecule has 0 unspecified atom stereocenters. The predicted molar refractivity (Wildman–Crippen MR) is 76.7 cm³/mol. The van der Waals surface area contributed by atoms with Gasteiger partial charge in [0.15, 0.2) is 0 Å². The highest BCUT2D eigenvalue weighted by Gasteiger charge is 2.06. The van der Waals surface area contributed by atoms with Gasteiger partial charge in [0.25, 0.3) is 0 Å². The van der Waals surface area contributed by atoms with Gasteiger partial charge in [-0.05, 0) is 61.1 Å². The highest BCUT2D eigenvalue weighted by atomic mass is 14.1. The number of hydrogen-bond donors (Lipinski definition) is 0. The minimum atomic E-state index is 1.05. The molecular formula is C17H20. The Hall–Kier alpha value is -1.56. The largest absolute Gasteiger partial charge is 0.103 e. The summed E-state index contributed by atoms with van der Waals surface area (Å²) < 4.78 is 0. The van der Waals surface area contributed by atoms with Crippen molar-refractivity contribution in [1.29, 1.82) is 0 Å². The molecule has 0 heteroatoms. The van der Waals surface area contributed by atoms with Crippen molar-refractivity contribution in [3.8, 4) is 0 Å². The Morgan fingerprint density at radius 1 is 1.12 bits per heavy atom. The fraction of sp³-hybridized carbons (Fsp3) is 0.294. The van der Waals surface area contributed by atoms with E-state index in [0.717, 1.165) is 12.8 Å². The van der Waals surface area contributed by atoms with Gasteiger partial charge in [0.2, 0.25) is 0 Å². The zero-order chi connectivity index (χ0) is 12.4. The van der Waals surface area contributed by atoms with Gasteiger partial charge in [0.1, 0.15) is 0 Å². The van der Waals surface area contributed by atoms with Gasteiger partial charge >= 0.3 is 0 Å². The van der Waals surface area contributed by atoms with Crippen molar-refractivity contribution in [1.82, 2.24) is 0 Å². The summed E-state index contributed by atoms with van der Waals surface area (Å²) in [5, 5.41) is 2.79. The molecule has 0 N–H and O–H groups in total. The molecule has 0 spiro atoms. The minimum absolute atomic E-state index is 1.05. The first-order valence-electron chi connectivity index (χ1n) is 6.24. The lowest BCUT2D eigenvalue weighted by molar-refractivity contribution is 0.994. The second kappa shape index (κ2) is 4.75. The van der Waals surface area contributed by atoms with Crippen LogP contribution in [-0.2, 0) is 6.42 Å². The molecule has 0 nitrogen and oxygen atoms in total. The number of hydrogen-bond acceptors (Lipinski definition) is 0. The summed E-state index contributed by atoms with van der Waals surface area (Å²) in [5.74, 6) is 0. The lowest BCUT2D eigenvalue weighted by Gasteiger charge is -2.12. The molecule has 88 valence electrons. The van der Waals surface area contributed by atoms with E-state index in [1.54, 1.807) is 0 Å². The van der Waals surface area contributed by atoms with Crippen LogP contribution in [0.5, 0.6) is 0 Å². The topological polar surface area (TPSA) is 0 Å². The molecule has 0 aliphatic heterocycles. The molecule has 0 bridgehead atoms. The molecule has 0 saturated heterocycles. The average molecular weight is 224 g/mol. The van der Waals surface area contributed by atoms with E-state index in [1.165, 1.54) is 33.0 Å². The highest BCUT2D eigenvalue weighted by molar-refractivity contribution is 5.90. The van der Waals surface area contributed by atoms with E-state index in [9.17, 15) is 0 Å². The lowest BCUT2D eigenvalue weighted by atomic mass is 9.93.